The molecule has 0 aliphatic carbocycles. The van der Waals surface area contributed by atoms with E-state index in [9.17, 15) is 9.90 Å². The lowest BCUT2D eigenvalue weighted by molar-refractivity contribution is 0.0995. The number of oxazole rings is 1. The number of hydrogen-bond donors (Lipinski definition) is 3. The van der Waals surface area contributed by atoms with Gasteiger partial charge >= 0.3 is 0 Å². The molecule has 4 aromatic rings. The zero-order valence-electron chi connectivity index (χ0n) is 12.5. The number of aromatic nitrogens is 2. The van der Waals surface area contributed by atoms with Crippen molar-refractivity contribution in [3.05, 3.63) is 46.4 Å². The maximum atomic E-state index is 12.3. The van der Waals surface area contributed by atoms with Crippen LogP contribution in [0.25, 0.3) is 22.0 Å². The van der Waals surface area contributed by atoms with E-state index in [4.69, 9.17) is 10.2 Å². The summed E-state index contributed by atoms with van der Waals surface area (Å²) in [4.78, 5) is 19.0. The van der Waals surface area contributed by atoms with E-state index in [0.29, 0.717) is 22.0 Å². The predicted molar refractivity (Wildman–Crippen MR) is 94.9 cm³/mol. The molecule has 0 atom stereocenters. The van der Waals surface area contributed by atoms with Gasteiger partial charge in [0.05, 0.1) is 5.52 Å². The number of amides is 1. The lowest BCUT2D eigenvalue weighted by Crippen LogP contribution is -1.93. The van der Waals surface area contributed by atoms with E-state index in [2.05, 4.69) is 36.1 Å². The van der Waals surface area contributed by atoms with Crippen molar-refractivity contribution in [2.75, 3.05) is 5.73 Å². The van der Waals surface area contributed by atoms with Gasteiger partial charge in [0, 0.05) is 15.4 Å². The van der Waals surface area contributed by atoms with Crippen LogP contribution in [0.2, 0.25) is 0 Å². The number of rotatable bonds is 2. The summed E-state index contributed by atoms with van der Waals surface area (Å²) in [5.41, 5.74) is 7.57. The number of nitrogens with one attached hydrogen (secondary N) is 1. The number of hydrogen-bond acceptors (Lipinski definition) is 6. The average Bonchev–Trinajstić information content (AvgIpc) is 3.10. The van der Waals surface area contributed by atoms with Gasteiger partial charge in [-0.3, -0.25) is 4.79 Å². The van der Waals surface area contributed by atoms with E-state index in [-0.39, 0.29) is 23.1 Å². The number of anilines is 1. The second-order valence-electron chi connectivity index (χ2n) is 5.25. The number of benzene rings is 2. The molecule has 2 heterocycles. The first-order valence-electron chi connectivity index (χ1n) is 7.13. The Morgan fingerprint density at radius 3 is 2.96 bits per heavy atom. The van der Waals surface area contributed by atoms with Gasteiger partial charge in [0.1, 0.15) is 5.52 Å². The van der Waals surface area contributed by atoms with Crippen molar-refractivity contribution >= 4 is 55.5 Å². The third-order valence-corrected chi connectivity index (χ3v) is 4.10. The van der Waals surface area contributed by atoms with E-state index in [0.717, 1.165) is 4.47 Å². The number of aromatic amines is 1. The Balaban J connectivity index is 1.69. The van der Waals surface area contributed by atoms with Gasteiger partial charge in [-0.15, -0.1) is 10.2 Å². The molecule has 2 aromatic heterocycles. The van der Waals surface area contributed by atoms with Crippen molar-refractivity contribution in [3.8, 4) is 5.88 Å². The van der Waals surface area contributed by atoms with E-state index >= 15 is 0 Å². The third-order valence-electron chi connectivity index (χ3n) is 3.61. The van der Waals surface area contributed by atoms with Gasteiger partial charge in [-0.2, -0.15) is 4.98 Å². The summed E-state index contributed by atoms with van der Waals surface area (Å²) < 4.78 is 5.97. The first-order chi connectivity index (χ1) is 12.0. The first-order valence-corrected chi connectivity index (χ1v) is 7.93. The van der Waals surface area contributed by atoms with Crippen molar-refractivity contribution in [3.63, 3.8) is 0 Å². The van der Waals surface area contributed by atoms with E-state index in [1.165, 1.54) is 6.07 Å². The number of carbonyl (C=O) groups excluding carboxylic acids is 1. The van der Waals surface area contributed by atoms with Crippen LogP contribution in [-0.4, -0.2) is 21.0 Å². The molecule has 0 radical (unpaired) electrons. The van der Waals surface area contributed by atoms with Gasteiger partial charge in [0.25, 0.3) is 11.9 Å². The fourth-order valence-electron chi connectivity index (χ4n) is 2.47. The summed E-state index contributed by atoms with van der Waals surface area (Å²) in [6, 6.07) is 10.0. The molecule has 1 amide bonds. The molecule has 8 nitrogen and oxygen atoms in total. The normalized spacial score (nSPS) is 11.7. The topological polar surface area (TPSA) is 130 Å². The van der Waals surface area contributed by atoms with Crippen LogP contribution in [-0.2, 0) is 0 Å². The molecule has 9 heteroatoms. The number of fused-ring (bicyclic) bond motifs is 2. The third kappa shape index (κ3) is 2.74. The molecule has 0 fully saturated rings. The number of nitrogens with two attached hydrogens (primary N) is 1. The molecular weight excluding hydrogens is 390 g/mol. The van der Waals surface area contributed by atoms with Gasteiger partial charge in [-0.25, -0.2) is 0 Å². The number of azo groups is 1. The van der Waals surface area contributed by atoms with E-state index in [1.54, 1.807) is 24.3 Å². The maximum Gasteiger partial charge on any atom is 0.295 e. The molecular formula is C16H10BrN5O3. The van der Waals surface area contributed by atoms with Crippen molar-refractivity contribution in [1.29, 1.82) is 0 Å². The zero-order chi connectivity index (χ0) is 17.6. The van der Waals surface area contributed by atoms with Crippen LogP contribution in [0.1, 0.15) is 10.4 Å². The molecule has 0 aliphatic heterocycles. The van der Waals surface area contributed by atoms with Crippen molar-refractivity contribution in [1.82, 2.24) is 9.97 Å². The van der Waals surface area contributed by atoms with Crippen molar-refractivity contribution in [2.45, 2.75) is 0 Å². The lowest BCUT2D eigenvalue weighted by Gasteiger charge is -1.95. The summed E-state index contributed by atoms with van der Waals surface area (Å²) in [7, 11) is 0. The minimum absolute atomic E-state index is 0.0236. The Bertz CT molecular complexity index is 1160. The SMILES string of the molecule is Nc1nc2cc(C(=O)N=Nc3c(O)[nH]c4ccc(Br)cc34)ccc2o1. The van der Waals surface area contributed by atoms with Crippen LogP contribution in [0.4, 0.5) is 11.7 Å². The highest BCUT2D eigenvalue weighted by Crippen LogP contribution is 2.36. The Labute approximate surface area is 148 Å². The highest BCUT2D eigenvalue weighted by molar-refractivity contribution is 9.10. The summed E-state index contributed by atoms with van der Waals surface area (Å²) >= 11 is 3.36. The van der Waals surface area contributed by atoms with Crippen molar-refractivity contribution < 1.29 is 14.3 Å². The summed E-state index contributed by atoms with van der Waals surface area (Å²) in [6.07, 6.45) is 0. The highest BCUT2D eigenvalue weighted by Gasteiger charge is 2.13. The highest BCUT2D eigenvalue weighted by atomic mass is 79.9. The van der Waals surface area contributed by atoms with Gasteiger partial charge < -0.3 is 20.2 Å². The molecule has 2 aromatic carbocycles. The number of halogens is 1. The number of nitrogen functional groups attached to an aromatic ring is 1. The average molecular weight is 400 g/mol. The molecule has 0 bridgehead atoms. The molecule has 0 unspecified atom stereocenters. The van der Waals surface area contributed by atoms with E-state index < -0.39 is 5.91 Å². The minimum atomic E-state index is -0.577. The van der Waals surface area contributed by atoms with Gasteiger partial charge in [0.15, 0.2) is 11.3 Å². The molecule has 124 valence electrons. The Morgan fingerprint density at radius 1 is 1.28 bits per heavy atom. The van der Waals surface area contributed by atoms with Crippen LogP contribution >= 0.6 is 15.9 Å². The van der Waals surface area contributed by atoms with Crippen LogP contribution in [0.3, 0.4) is 0 Å². The Morgan fingerprint density at radius 2 is 2.12 bits per heavy atom. The number of aromatic hydroxyl groups is 1. The summed E-state index contributed by atoms with van der Waals surface area (Å²) in [5, 5.41) is 18.2. The second-order valence-corrected chi connectivity index (χ2v) is 6.17. The number of H-pyrrole nitrogens is 1. The fraction of sp³-hybridized carbons (Fsp3) is 0. The predicted octanol–water partition coefficient (Wildman–Crippen LogP) is 4.28. The zero-order valence-corrected chi connectivity index (χ0v) is 14.1. The monoisotopic (exact) mass is 399 g/mol. The summed E-state index contributed by atoms with van der Waals surface area (Å²) in [6.45, 7) is 0. The molecule has 0 saturated heterocycles. The maximum absolute atomic E-state index is 12.3. The smallest absolute Gasteiger partial charge is 0.295 e. The largest absolute Gasteiger partial charge is 0.493 e. The van der Waals surface area contributed by atoms with Crippen molar-refractivity contribution in [2.24, 2.45) is 10.2 Å². The molecule has 4 N–H and O–H groups in total. The van der Waals surface area contributed by atoms with Gasteiger partial charge in [-0.1, -0.05) is 15.9 Å². The quantitative estimate of drug-likeness (QED) is 0.433. The van der Waals surface area contributed by atoms with Crippen LogP contribution in [0.15, 0.2) is 55.5 Å². The second kappa shape index (κ2) is 5.71. The number of nitrogens with zero attached hydrogens (tertiary/aromatic N) is 3. The molecule has 25 heavy (non-hydrogen) atoms. The van der Waals surface area contributed by atoms with E-state index in [1.807, 2.05) is 6.07 Å². The Kier molecular flexibility index (Phi) is 3.50. The van der Waals surface area contributed by atoms with Crippen LogP contribution in [0, 0.1) is 0 Å². The lowest BCUT2D eigenvalue weighted by atomic mass is 10.2. The van der Waals surface area contributed by atoms with Crippen LogP contribution < -0.4 is 5.73 Å². The first kappa shape index (κ1) is 15.3. The van der Waals surface area contributed by atoms with Crippen LogP contribution in [0.5, 0.6) is 5.88 Å². The standard InChI is InChI=1S/C16H10BrN5O3/c17-8-2-3-10-9(6-8)13(15(24)19-10)21-22-14(23)7-1-4-12-11(5-7)20-16(18)25-12/h1-6,19,24H,(H2,18,20). The molecule has 0 saturated carbocycles. The molecule has 0 spiro atoms. The molecule has 0 aliphatic rings. The Hall–Kier alpha value is -3.20. The molecule has 4 rings (SSSR count). The van der Waals surface area contributed by atoms with Gasteiger partial charge in [-0.05, 0) is 36.4 Å². The minimum Gasteiger partial charge on any atom is -0.493 e. The van der Waals surface area contributed by atoms with Gasteiger partial charge in [0.2, 0.25) is 5.88 Å². The number of carbonyl (C=O) groups is 1. The summed E-state index contributed by atoms with van der Waals surface area (Å²) in [5.74, 6) is -0.739. The fourth-order valence-corrected chi connectivity index (χ4v) is 2.83.